The number of hydrogen-bond donors (Lipinski definition) is 1. The SMILES string of the molecule is CCOC(=O)C1(C(=O)OCC)C[C@](C(=O)OC)(c2ccccc2)[C@@]2(N1)C(=O)N(Cc1ccccc1)c1c(Br)cccc12. The number of amides is 1. The molecule has 0 unspecified atom stereocenters. The summed E-state index contributed by atoms with van der Waals surface area (Å²) in [6, 6.07) is 23.3. The Hall–Kier alpha value is -4.02. The fourth-order valence-electron chi connectivity index (χ4n) is 6.36. The maximum Gasteiger partial charge on any atom is 0.338 e. The minimum atomic E-state index is -2.21. The van der Waals surface area contributed by atoms with Crippen LogP contribution in [0.3, 0.4) is 0 Å². The summed E-state index contributed by atoms with van der Waals surface area (Å²) in [6.07, 6.45) is -0.481. The quantitative estimate of drug-likeness (QED) is 0.223. The van der Waals surface area contributed by atoms with Crippen molar-refractivity contribution in [2.45, 2.75) is 43.3 Å². The van der Waals surface area contributed by atoms with Crippen LogP contribution in [-0.2, 0) is 50.9 Å². The lowest BCUT2D eigenvalue weighted by molar-refractivity contribution is -0.166. The van der Waals surface area contributed by atoms with Gasteiger partial charge in [-0.25, -0.2) is 9.59 Å². The number of para-hydroxylation sites is 1. The Labute approximate surface area is 252 Å². The van der Waals surface area contributed by atoms with E-state index in [1.807, 2.05) is 30.3 Å². The van der Waals surface area contributed by atoms with Crippen LogP contribution in [0.25, 0.3) is 0 Å². The lowest BCUT2D eigenvalue weighted by Gasteiger charge is -2.40. The lowest BCUT2D eigenvalue weighted by atomic mass is 9.62. The van der Waals surface area contributed by atoms with Crippen LogP contribution in [0.1, 0.15) is 37.0 Å². The van der Waals surface area contributed by atoms with Gasteiger partial charge in [-0.1, -0.05) is 72.8 Å². The highest BCUT2D eigenvalue weighted by Gasteiger charge is 2.79. The van der Waals surface area contributed by atoms with E-state index < -0.39 is 46.7 Å². The van der Waals surface area contributed by atoms with E-state index in [0.29, 0.717) is 21.3 Å². The number of anilines is 1. The monoisotopic (exact) mass is 634 g/mol. The Balaban J connectivity index is 1.88. The van der Waals surface area contributed by atoms with Gasteiger partial charge in [-0.15, -0.1) is 0 Å². The summed E-state index contributed by atoms with van der Waals surface area (Å²) in [5.41, 5.74) is -3.92. The third kappa shape index (κ3) is 4.15. The standard InChI is InChI=1S/C32H31BrN2O7/c1-4-41-28(38)31(29(39)42-5-2)20-30(27(37)40-3,22-15-10-7-11-16-22)32(34-31)23-17-12-18-24(33)25(23)35(26(32)36)19-21-13-8-6-9-14-21/h6-18,34H,4-5,19-20H2,1-3H3/t30-,32+/m1/s1. The molecule has 1 fully saturated rings. The van der Waals surface area contributed by atoms with Crippen LogP contribution < -0.4 is 10.2 Å². The topological polar surface area (TPSA) is 111 Å². The van der Waals surface area contributed by atoms with Gasteiger partial charge in [0.25, 0.3) is 5.91 Å². The smallest absolute Gasteiger partial charge is 0.338 e. The average Bonchev–Trinajstić information content (AvgIpc) is 3.47. The summed E-state index contributed by atoms with van der Waals surface area (Å²) in [7, 11) is 1.22. The maximum atomic E-state index is 15.1. The van der Waals surface area contributed by atoms with E-state index in [2.05, 4.69) is 21.2 Å². The molecule has 1 spiro atoms. The Morgan fingerprint density at radius 1 is 0.857 bits per heavy atom. The van der Waals surface area contributed by atoms with E-state index in [4.69, 9.17) is 14.2 Å². The molecule has 0 aliphatic carbocycles. The van der Waals surface area contributed by atoms with Crippen molar-refractivity contribution in [3.8, 4) is 0 Å². The van der Waals surface area contributed by atoms with Gasteiger partial charge in [0, 0.05) is 16.5 Å². The molecule has 42 heavy (non-hydrogen) atoms. The first kappa shape index (κ1) is 29.5. The number of carbonyl (C=O) groups is 4. The molecular weight excluding hydrogens is 604 g/mol. The van der Waals surface area contributed by atoms with Crippen molar-refractivity contribution in [3.05, 3.63) is 100 Å². The van der Waals surface area contributed by atoms with Gasteiger partial charge in [0.05, 0.1) is 32.6 Å². The van der Waals surface area contributed by atoms with E-state index in [0.717, 1.165) is 5.56 Å². The maximum absolute atomic E-state index is 15.1. The largest absolute Gasteiger partial charge is 0.468 e. The molecule has 9 nitrogen and oxygen atoms in total. The molecule has 0 radical (unpaired) electrons. The third-order valence-electron chi connectivity index (χ3n) is 8.03. The number of carbonyl (C=O) groups excluding carboxylic acids is 4. The van der Waals surface area contributed by atoms with E-state index in [1.165, 1.54) is 7.11 Å². The molecule has 218 valence electrons. The predicted molar refractivity (Wildman–Crippen MR) is 157 cm³/mol. The number of nitrogens with zero attached hydrogens (tertiary/aromatic N) is 1. The molecule has 1 amide bonds. The summed E-state index contributed by atoms with van der Waals surface area (Å²) in [5.74, 6) is -3.22. The van der Waals surface area contributed by atoms with E-state index in [1.54, 1.807) is 67.3 Å². The molecule has 3 aromatic rings. The molecule has 10 heteroatoms. The first-order valence-corrected chi connectivity index (χ1v) is 14.5. The Bertz CT molecular complexity index is 1510. The zero-order valence-corrected chi connectivity index (χ0v) is 25.1. The Kier molecular flexibility index (Phi) is 7.96. The predicted octanol–water partition coefficient (Wildman–Crippen LogP) is 4.16. The van der Waals surface area contributed by atoms with Crippen molar-refractivity contribution < 1.29 is 33.4 Å². The van der Waals surface area contributed by atoms with Crippen molar-refractivity contribution in [1.82, 2.24) is 5.32 Å². The summed E-state index contributed by atoms with van der Waals surface area (Å²) in [4.78, 5) is 58.7. The van der Waals surface area contributed by atoms with Crippen LogP contribution in [-0.4, -0.2) is 49.7 Å². The highest BCUT2D eigenvalue weighted by Crippen LogP contribution is 2.61. The summed E-state index contributed by atoms with van der Waals surface area (Å²) >= 11 is 3.62. The number of methoxy groups -OCH3 is 1. The molecule has 0 aromatic heterocycles. The molecule has 2 aliphatic heterocycles. The molecule has 0 bridgehead atoms. The van der Waals surface area contributed by atoms with Crippen LogP contribution in [0.2, 0.25) is 0 Å². The van der Waals surface area contributed by atoms with Crippen LogP contribution in [0.4, 0.5) is 5.69 Å². The normalized spacial score (nSPS) is 22.1. The third-order valence-corrected chi connectivity index (χ3v) is 8.67. The second-order valence-corrected chi connectivity index (χ2v) is 11.0. The van der Waals surface area contributed by atoms with Gasteiger partial charge in [0.15, 0.2) is 0 Å². The molecule has 1 saturated heterocycles. The molecule has 2 atom stereocenters. The number of hydrogen-bond acceptors (Lipinski definition) is 8. The van der Waals surface area contributed by atoms with Crippen molar-refractivity contribution in [1.29, 1.82) is 0 Å². The molecule has 1 N–H and O–H groups in total. The first-order valence-electron chi connectivity index (χ1n) is 13.7. The van der Waals surface area contributed by atoms with Gasteiger partial charge in [-0.05, 0) is 47.0 Å². The average molecular weight is 636 g/mol. The van der Waals surface area contributed by atoms with Crippen molar-refractivity contribution >= 4 is 45.4 Å². The summed E-state index contributed by atoms with van der Waals surface area (Å²) < 4.78 is 16.9. The van der Waals surface area contributed by atoms with Crippen molar-refractivity contribution in [3.63, 3.8) is 0 Å². The Morgan fingerprint density at radius 3 is 2.02 bits per heavy atom. The fraction of sp³-hybridized carbons (Fsp3) is 0.312. The van der Waals surface area contributed by atoms with Crippen LogP contribution in [0, 0.1) is 0 Å². The second kappa shape index (κ2) is 11.3. The molecule has 3 aromatic carbocycles. The highest BCUT2D eigenvalue weighted by molar-refractivity contribution is 9.10. The number of esters is 3. The van der Waals surface area contributed by atoms with Gasteiger partial charge >= 0.3 is 17.9 Å². The summed E-state index contributed by atoms with van der Waals surface area (Å²) in [6.45, 7) is 3.31. The second-order valence-electron chi connectivity index (χ2n) is 10.2. The number of nitrogens with one attached hydrogen (secondary N) is 1. The Morgan fingerprint density at radius 2 is 1.45 bits per heavy atom. The lowest BCUT2D eigenvalue weighted by Crippen LogP contribution is -2.65. The van der Waals surface area contributed by atoms with E-state index in [9.17, 15) is 14.4 Å². The first-order chi connectivity index (χ1) is 20.2. The van der Waals surface area contributed by atoms with Gasteiger partial charge in [0.1, 0.15) is 11.0 Å². The number of benzene rings is 3. The zero-order valence-electron chi connectivity index (χ0n) is 23.5. The van der Waals surface area contributed by atoms with Crippen LogP contribution in [0.5, 0.6) is 0 Å². The highest BCUT2D eigenvalue weighted by atomic mass is 79.9. The number of ether oxygens (including phenoxy) is 3. The minimum absolute atomic E-state index is 0.0402. The summed E-state index contributed by atoms with van der Waals surface area (Å²) in [5, 5.41) is 3.14. The van der Waals surface area contributed by atoms with Crippen molar-refractivity contribution in [2.24, 2.45) is 0 Å². The molecule has 0 saturated carbocycles. The number of fused-ring (bicyclic) bond motifs is 2. The van der Waals surface area contributed by atoms with Gasteiger partial charge in [-0.3, -0.25) is 14.9 Å². The minimum Gasteiger partial charge on any atom is -0.468 e. The van der Waals surface area contributed by atoms with Gasteiger partial charge in [-0.2, -0.15) is 0 Å². The van der Waals surface area contributed by atoms with Crippen LogP contribution >= 0.6 is 15.9 Å². The van der Waals surface area contributed by atoms with Crippen molar-refractivity contribution in [2.75, 3.05) is 25.2 Å². The van der Waals surface area contributed by atoms with Crippen LogP contribution in [0.15, 0.2) is 83.3 Å². The van der Waals surface area contributed by atoms with E-state index >= 15 is 4.79 Å². The molecular formula is C32H31BrN2O7. The molecule has 5 rings (SSSR count). The van der Waals surface area contributed by atoms with E-state index in [-0.39, 0.29) is 19.8 Å². The van der Waals surface area contributed by atoms with Gasteiger partial charge in [0.2, 0.25) is 5.54 Å². The molecule has 2 aliphatic rings. The zero-order chi connectivity index (χ0) is 30.1. The fourth-order valence-corrected chi connectivity index (χ4v) is 6.94. The number of rotatable bonds is 8. The van der Waals surface area contributed by atoms with Gasteiger partial charge < -0.3 is 19.1 Å². The number of halogens is 1. The molecule has 2 heterocycles.